The normalized spacial score (nSPS) is 23.5. The molecule has 0 aromatic heterocycles. The Morgan fingerprint density at radius 1 is 1.12 bits per heavy atom. The molecule has 1 heterocycles. The number of hydrogen-bond acceptors (Lipinski definition) is 3. The number of nitrogens with zero attached hydrogens (tertiary/aromatic N) is 1. The third-order valence-electron chi connectivity index (χ3n) is 5.02. The van der Waals surface area contributed by atoms with Crippen molar-refractivity contribution in [2.75, 3.05) is 10.9 Å². The lowest BCUT2D eigenvalue weighted by Gasteiger charge is -2.34. The number of sulfonamides is 1. The molecule has 136 valence electrons. The topological polar surface area (TPSA) is 46.6 Å². The molecule has 0 N–H and O–H groups in total. The lowest BCUT2D eigenvalue weighted by Crippen LogP contribution is -2.34. The van der Waals surface area contributed by atoms with Crippen LogP contribution >= 0.6 is 15.9 Å². The van der Waals surface area contributed by atoms with Gasteiger partial charge in [0, 0.05) is 17.3 Å². The van der Waals surface area contributed by atoms with E-state index in [0.29, 0.717) is 11.6 Å². The highest BCUT2D eigenvalue weighted by atomic mass is 79.9. The molecular formula is C20H20BrNO3S. The maximum Gasteiger partial charge on any atom is 0.268 e. The lowest BCUT2D eigenvalue weighted by molar-refractivity contribution is 0.0848. The summed E-state index contributed by atoms with van der Waals surface area (Å²) < 4.78 is 34.7. The average Bonchev–Trinajstić information content (AvgIpc) is 2.98. The first-order valence-corrected chi connectivity index (χ1v) is 10.9. The fourth-order valence-electron chi connectivity index (χ4n) is 3.48. The van der Waals surface area contributed by atoms with Gasteiger partial charge in [-0.2, -0.15) is 0 Å². The van der Waals surface area contributed by atoms with E-state index in [0.717, 1.165) is 35.1 Å². The second-order valence-electron chi connectivity index (χ2n) is 6.84. The van der Waals surface area contributed by atoms with Crippen molar-refractivity contribution in [3.05, 3.63) is 70.3 Å². The van der Waals surface area contributed by atoms with E-state index < -0.39 is 10.0 Å². The summed E-state index contributed by atoms with van der Waals surface area (Å²) in [5, 5.41) is 0. The molecule has 4 nitrogen and oxygen atoms in total. The summed E-state index contributed by atoms with van der Waals surface area (Å²) in [7, 11) is -3.70. The Morgan fingerprint density at radius 3 is 2.46 bits per heavy atom. The number of anilines is 1. The number of rotatable bonds is 4. The highest BCUT2D eigenvalue weighted by molar-refractivity contribution is 9.10. The van der Waals surface area contributed by atoms with E-state index in [2.05, 4.69) is 15.9 Å². The Labute approximate surface area is 162 Å². The molecule has 6 heteroatoms. The molecule has 1 aliphatic carbocycles. The fourth-order valence-corrected chi connectivity index (χ4v) is 5.13. The van der Waals surface area contributed by atoms with Crippen LogP contribution in [0.3, 0.4) is 0 Å². The summed E-state index contributed by atoms with van der Waals surface area (Å²) in [4.78, 5) is 0.283. The Hall–Kier alpha value is -1.63. The molecule has 0 amide bonds. The first-order chi connectivity index (χ1) is 12.4. The van der Waals surface area contributed by atoms with Crippen LogP contribution < -0.4 is 4.31 Å². The van der Waals surface area contributed by atoms with Crippen molar-refractivity contribution in [1.82, 2.24) is 0 Å². The molecule has 0 bridgehead atoms. The van der Waals surface area contributed by atoms with E-state index in [9.17, 15) is 8.42 Å². The van der Waals surface area contributed by atoms with E-state index >= 15 is 0 Å². The van der Waals surface area contributed by atoms with E-state index in [1.807, 2.05) is 31.2 Å². The molecule has 0 unspecified atom stereocenters. The average molecular weight is 434 g/mol. The van der Waals surface area contributed by atoms with Crippen molar-refractivity contribution >= 4 is 31.6 Å². The van der Waals surface area contributed by atoms with Gasteiger partial charge in [-0.3, -0.25) is 0 Å². The summed E-state index contributed by atoms with van der Waals surface area (Å²) in [6.07, 6.45) is 3.79. The van der Waals surface area contributed by atoms with Crippen molar-refractivity contribution in [1.29, 1.82) is 0 Å². The van der Waals surface area contributed by atoms with Gasteiger partial charge in [-0.25, -0.2) is 12.7 Å². The number of benzene rings is 2. The molecule has 2 fully saturated rings. The molecule has 0 radical (unpaired) electrons. The minimum Gasteiger partial charge on any atom is -0.373 e. The highest BCUT2D eigenvalue weighted by Crippen LogP contribution is 2.43. The van der Waals surface area contributed by atoms with Gasteiger partial charge >= 0.3 is 0 Å². The molecule has 26 heavy (non-hydrogen) atoms. The van der Waals surface area contributed by atoms with Gasteiger partial charge in [-0.15, -0.1) is 0 Å². The van der Waals surface area contributed by atoms with Crippen LogP contribution in [0.1, 0.15) is 18.4 Å². The Balaban J connectivity index is 1.76. The lowest BCUT2D eigenvalue weighted by atomic mass is 9.77. The van der Waals surface area contributed by atoms with Gasteiger partial charge in [-0.05, 0) is 67.7 Å². The molecule has 0 spiro atoms. The molecule has 4 rings (SSSR count). The second kappa shape index (κ2) is 6.83. The molecule has 2 aromatic carbocycles. The molecule has 1 saturated heterocycles. The van der Waals surface area contributed by atoms with Gasteiger partial charge in [0.15, 0.2) is 0 Å². The zero-order chi connectivity index (χ0) is 18.3. The molecule has 2 atom stereocenters. The van der Waals surface area contributed by atoms with E-state index in [1.165, 1.54) is 4.31 Å². The van der Waals surface area contributed by atoms with Crippen LogP contribution in [0.2, 0.25) is 0 Å². The third kappa shape index (κ3) is 3.21. The maximum atomic E-state index is 13.3. The zero-order valence-electron chi connectivity index (χ0n) is 14.4. The molecule has 1 saturated carbocycles. The molecule has 2 aromatic rings. The minimum atomic E-state index is -3.70. The van der Waals surface area contributed by atoms with Gasteiger partial charge in [0.05, 0.1) is 16.7 Å². The fraction of sp³-hybridized carbons (Fsp3) is 0.300. The molecule has 1 aliphatic heterocycles. The van der Waals surface area contributed by atoms with Crippen LogP contribution in [0.4, 0.5) is 5.69 Å². The van der Waals surface area contributed by atoms with Gasteiger partial charge in [0.2, 0.25) is 0 Å². The number of fused-ring (bicyclic) bond motifs is 1. The predicted octanol–water partition coefficient (Wildman–Crippen LogP) is 4.65. The summed E-state index contributed by atoms with van der Waals surface area (Å²) in [5.41, 5.74) is 2.69. The van der Waals surface area contributed by atoms with Gasteiger partial charge in [0.1, 0.15) is 0 Å². The van der Waals surface area contributed by atoms with Crippen LogP contribution in [-0.2, 0) is 14.8 Å². The van der Waals surface area contributed by atoms with Gasteiger partial charge in [-0.1, -0.05) is 33.6 Å². The number of hydrogen-bond donors (Lipinski definition) is 0. The van der Waals surface area contributed by atoms with Crippen molar-refractivity contribution < 1.29 is 13.2 Å². The van der Waals surface area contributed by atoms with Crippen LogP contribution in [0.25, 0.3) is 0 Å². The first-order valence-electron chi connectivity index (χ1n) is 8.64. The van der Waals surface area contributed by atoms with Crippen LogP contribution in [0.5, 0.6) is 0 Å². The minimum absolute atomic E-state index is 0.0705. The second-order valence-corrected chi connectivity index (χ2v) is 9.57. The Kier molecular flexibility index (Phi) is 4.67. The predicted molar refractivity (Wildman–Crippen MR) is 106 cm³/mol. The van der Waals surface area contributed by atoms with E-state index in [-0.39, 0.29) is 11.0 Å². The van der Waals surface area contributed by atoms with Crippen molar-refractivity contribution in [3.8, 4) is 0 Å². The summed E-state index contributed by atoms with van der Waals surface area (Å²) >= 11 is 3.41. The molecular weight excluding hydrogens is 414 g/mol. The van der Waals surface area contributed by atoms with Crippen molar-refractivity contribution in [2.45, 2.75) is 30.8 Å². The summed E-state index contributed by atoms with van der Waals surface area (Å²) in [5.74, 6) is 0.537. The number of halogens is 1. The molecule has 2 aliphatic rings. The summed E-state index contributed by atoms with van der Waals surface area (Å²) in [6.45, 7) is 2.70. The SMILES string of the molecule is Cc1ccc(S(=O)(=O)N(/C=C2/C[C@@H]3CCO[C@H]23)c2ccc(Br)cc2)cc1. The van der Waals surface area contributed by atoms with Crippen LogP contribution in [0, 0.1) is 12.8 Å². The maximum absolute atomic E-state index is 13.3. The van der Waals surface area contributed by atoms with E-state index in [1.54, 1.807) is 30.5 Å². The van der Waals surface area contributed by atoms with Crippen LogP contribution in [0.15, 0.2) is 69.7 Å². The summed E-state index contributed by atoms with van der Waals surface area (Å²) in [6, 6.07) is 14.3. The quantitative estimate of drug-likeness (QED) is 0.704. The van der Waals surface area contributed by atoms with Crippen LogP contribution in [-0.4, -0.2) is 21.1 Å². The Morgan fingerprint density at radius 2 is 1.81 bits per heavy atom. The standard InChI is InChI=1S/C20H20BrNO3S/c1-14-2-8-19(9-3-14)26(23,24)22(18-6-4-17(21)5-7-18)13-16-12-15-10-11-25-20(15)16/h2-9,13,15,20H,10-12H2,1H3/b16-13-/t15-,20-/m0/s1. The zero-order valence-corrected chi connectivity index (χ0v) is 16.8. The van der Waals surface area contributed by atoms with Gasteiger partial charge < -0.3 is 4.74 Å². The Bertz CT molecular complexity index is 936. The highest BCUT2D eigenvalue weighted by Gasteiger charge is 2.41. The smallest absolute Gasteiger partial charge is 0.268 e. The number of ether oxygens (including phenoxy) is 1. The largest absolute Gasteiger partial charge is 0.373 e. The third-order valence-corrected chi connectivity index (χ3v) is 7.25. The first kappa shape index (κ1) is 17.8. The van der Waals surface area contributed by atoms with Crippen molar-refractivity contribution in [3.63, 3.8) is 0 Å². The van der Waals surface area contributed by atoms with Gasteiger partial charge in [0.25, 0.3) is 10.0 Å². The number of aryl methyl sites for hydroxylation is 1. The van der Waals surface area contributed by atoms with Crippen molar-refractivity contribution in [2.24, 2.45) is 5.92 Å². The monoisotopic (exact) mass is 433 g/mol. The van der Waals surface area contributed by atoms with E-state index in [4.69, 9.17) is 4.74 Å².